The molecule has 0 saturated carbocycles. The van der Waals surface area contributed by atoms with Crippen molar-refractivity contribution in [1.29, 1.82) is 0 Å². The zero-order valence-corrected chi connectivity index (χ0v) is 15.0. The van der Waals surface area contributed by atoms with Gasteiger partial charge >= 0.3 is 0 Å². The molecule has 0 amide bonds. The van der Waals surface area contributed by atoms with Crippen molar-refractivity contribution in [1.82, 2.24) is 15.0 Å². The maximum absolute atomic E-state index is 12.3. The fourth-order valence-corrected chi connectivity index (χ4v) is 2.94. The lowest BCUT2D eigenvalue weighted by atomic mass is 10.1. The van der Waals surface area contributed by atoms with Gasteiger partial charge in [0.25, 0.3) is 5.56 Å². The molecule has 0 aliphatic rings. The van der Waals surface area contributed by atoms with E-state index < -0.39 is 0 Å². The van der Waals surface area contributed by atoms with Crippen LogP contribution in [0.2, 0.25) is 0 Å². The van der Waals surface area contributed by atoms with Crippen LogP contribution in [0.3, 0.4) is 0 Å². The van der Waals surface area contributed by atoms with Crippen LogP contribution in [-0.4, -0.2) is 29.2 Å². The second-order valence-corrected chi connectivity index (χ2v) is 6.50. The van der Waals surface area contributed by atoms with Crippen molar-refractivity contribution in [2.24, 2.45) is 5.92 Å². The number of methoxy groups -OCH3 is 2. The standard InChI is InChI=1S/C19H23N3O3/c1-11(2)7-16-18(23)21-17(19(22-16)25-4)8-12-10-20-15-6-5-13(24-3)9-14(12)15/h5-6,9-11,20H,7-8H2,1-4H3,(H,21,23). The minimum Gasteiger partial charge on any atom is -0.497 e. The molecule has 2 heterocycles. The average molecular weight is 341 g/mol. The molecule has 132 valence electrons. The van der Waals surface area contributed by atoms with Crippen molar-refractivity contribution in [3.63, 3.8) is 0 Å². The number of hydrogen-bond acceptors (Lipinski definition) is 4. The third-order valence-electron chi connectivity index (χ3n) is 4.16. The number of ether oxygens (including phenoxy) is 2. The van der Waals surface area contributed by atoms with Crippen LogP contribution in [0.25, 0.3) is 10.9 Å². The summed E-state index contributed by atoms with van der Waals surface area (Å²) in [5.74, 6) is 1.61. The van der Waals surface area contributed by atoms with E-state index in [1.54, 1.807) is 14.2 Å². The van der Waals surface area contributed by atoms with Gasteiger partial charge in [0.05, 0.1) is 19.9 Å². The molecule has 25 heavy (non-hydrogen) atoms. The Labute approximate surface area is 146 Å². The topological polar surface area (TPSA) is 80.0 Å². The van der Waals surface area contributed by atoms with Crippen LogP contribution >= 0.6 is 0 Å². The van der Waals surface area contributed by atoms with Gasteiger partial charge in [-0.25, -0.2) is 4.98 Å². The Balaban J connectivity index is 2.00. The van der Waals surface area contributed by atoms with E-state index in [4.69, 9.17) is 9.47 Å². The molecule has 0 bridgehead atoms. The fraction of sp³-hybridized carbons (Fsp3) is 0.368. The lowest BCUT2D eigenvalue weighted by Gasteiger charge is -2.10. The molecule has 0 radical (unpaired) electrons. The first-order chi connectivity index (χ1) is 12.0. The highest BCUT2D eigenvalue weighted by Gasteiger charge is 2.15. The number of aromatic nitrogens is 3. The normalized spacial score (nSPS) is 11.2. The molecule has 6 nitrogen and oxygen atoms in total. The minimum atomic E-state index is -0.151. The van der Waals surface area contributed by atoms with Crippen molar-refractivity contribution in [2.75, 3.05) is 14.2 Å². The summed E-state index contributed by atoms with van der Waals surface area (Å²) in [6.45, 7) is 4.11. The molecule has 0 saturated heterocycles. The van der Waals surface area contributed by atoms with Crippen LogP contribution in [0.4, 0.5) is 0 Å². The number of benzene rings is 1. The van der Waals surface area contributed by atoms with Gasteiger partial charge in [-0.3, -0.25) is 4.79 Å². The van der Waals surface area contributed by atoms with E-state index in [-0.39, 0.29) is 5.56 Å². The van der Waals surface area contributed by atoms with Crippen molar-refractivity contribution in [3.05, 3.63) is 51.7 Å². The van der Waals surface area contributed by atoms with Crippen molar-refractivity contribution in [3.8, 4) is 11.6 Å². The van der Waals surface area contributed by atoms with Crippen LogP contribution < -0.4 is 15.0 Å². The SMILES string of the molecule is COc1ccc2[nH]cc(Cc3[nH]c(=O)c(CC(C)C)nc3OC)c2c1. The van der Waals surface area contributed by atoms with Crippen LogP contribution in [0.5, 0.6) is 11.6 Å². The zero-order valence-electron chi connectivity index (χ0n) is 15.0. The van der Waals surface area contributed by atoms with Gasteiger partial charge in [-0.15, -0.1) is 0 Å². The highest BCUT2D eigenvalue weighted by molar-refractivity contribution is 5.85. The molecule has 3 aromatic rings. The molecule has 0 fully saturated rings. The Kier molecular flexibility index (Phi) is 4.79. The van der Waals surface area contributed by atoms with E-state index in [1.165, 1.54) is 0 Å². The second kappa shape index (κ2) is 7.01. The molecular weight excluding hydrogens is 318 g/mol. The lowest BCUT2D eigenvalue weighted by molar-refractivity contribution is 0.386. The molecule has 0 spiro atoms. The summed E-state index contributed by atoms with van der Waals surface area (Å²) in [7, 11) is 3.22. The first-order valence-electron chi connectivity index (χ1n) is 8.32. The van der Waals surface area contributed by atoms with Gasteiger partial charge in [0.2, 0.25) is 5.88 Å². The fourth-order valence-electron chi connectivity index (χ4n) is 2.94. The highest BCUT2D eigenvalue weighted by Crippen LogP contribution is 2.26. The van der Waals surface area contributed by atoms with E-state index in [1.807, 2.05) is 24.4 Å². The summed E-state index contributed by atoms with van der Waals surface area (Å²) in [6, 6.07) is 5.86. The molecule has 1 aromatic carbocycles. The van der Waals surface area contributed by atoms with Gasteiger partial charge in [0.15, 0.2) is 0 Å². The number of nitrogens with one attached hydrogen (secondary N) is 2. The van der Waals surface area contributed by atoms with Gasteiger partial charge in [0.1, 0.15) is 11.4 Å². The van der Waals surface area contributed by atoms with Gasteiger partial charge in [-0.2, -0.15) is 0 Å². The van der Waals surface area contributed by atoms with Gasteiger partial charge in [0, 0.05) is 23.5 Å². The van der Waals surface area contributed by atoms with Gasteiger partial charge in [-0.1, -0.05) is 13.8 Å². The average Bonchev–Trinajstić information content (AvgIpc) is 2.99. The third-order valence-corrected chi connectivity index (χ3v) is 4.16. The largest absolute Gasteiger partial charge is 0.497 e. The van der Waals surface area contributed by atoms with E-state index in [9.17, 15) is 4.79 Å². The summed E-state index contributed by atoms with van der Waals surface area (Å²) in [5.41, 5.74) is 3.09. The quantitative estimate of drug-likeness (QED) is 0.722. The first-order valence-corrected chi connectivity index (χ1v) is 8.32. The van der Waals surface area contributed by atoms with Crippen LogP contribution in [0, 0.1) is 5.92 Å². The number of hydrogen-bond donors (Lipinski definition) is 2. The first kappa shape index (κ1) is 17.1. The number of aromatic amines is 2. The summed E-state index contributed by atoms with van der Waals surface area (Å²) in [6.07, 6.45) is 3.07. The molecule has 3 rings (SSSR count). The lowest BCUT2D eigenvalue weighted by Crippen LogP contribution is -2.20. The number of nitrogens with zero attached hydrogens (tertiary/aromatic N) is 1. The summed E-state index contributed by atoms with van der Waals surface area (Å²) < 4.78 is 10.7. The smallest absolute Gasteiger partial charge is 0.270 e. The van der Waals surface area contributed by atoms with Crippen molar-refractivity contribution in [2.45, 2.75) is 26.7 Å². The maximum Gasteiger partial charge on any atom is 0.270 e. The molecule has 0 aliphatic carbocycles. The Morgan fingerprint density at radius 1 is 1.20 bits per heavy atom. The van der Waals surface area contributed by atoms with Gasteiger partial charge in [-0.05, 0) is 36.1 Å². The summed E-state index contributed by atoms with van der Waals surface area (Å²) in [5, 5.41) is 1.05. The van der Waals surface area contributed by atoms with E-state index >= 15 is 0 Å². The molecular formula is C19H23N3O3. The maximum atomic E-state index is 12.3. The predicted molar refractivity (Wildman–Crippen MR) is 97.6 cm³/mol. The second-order valence-electron chi connectivity index (χ2n) is 6.50. The van der Waals surface area contributed by atoms with E-state index in [0.29, 0.717) is 36.0 Å². The Bertz CT molecular complexity index is 941. The predicted octanol–water partition coefficient (Wildman–Crippen LogP) is 3.06. The molecule has 2 N–H and O–H groups in total. The van der Waals surface area contributed by atoms with Crippen LogP contribution in [-0.2, 0) is 12.8 Å². The summed E-state index contributed by atoms with van der Waals surface area (Å²) in [4.78, 5) is 22.9. The Hall–Kier alpha value is -2.76. The van der Waals surface area contributed by atoms with Crippen molar-refractivity contribution < 1.29 is 9.47 Å². The van der Waals surface area contributed by atoms with E-state index in [2.05, 4.69) is 28.8 Å². The highest BCUT2D eigenvalue weighted by atomic mass is 16.5. The minimum absolute atomic E-state index is 0.151. The third kappa shape index (κ3) is 3.52. The number of fused-ring (bicyclic) bond motifs is 1. The summed E-state index contributed by atoms with van der Waals surface area (Å²) >= 11 is 0. The Morgan fingerprint density at radius 2 is 2.00 bits per heavy atom. The Morgan fingerprint density at radius 3 is 2.68 bits per heavy atom. The van der Waals surface area contributed by atoms with Crippen molar-refractivity contribution >= 4 is 10.9 Å². The molecule has 2 aromatic heterocycles. The molecule has 0 aliphatic heterocycles. The van der Waals surface area contributed by atoms with Crippen LogP contribution in [0.1, 0.15) is 30.8 Å². The molecule has 0 atom stereocenters. The number of H-pyrrole nitrogens is 2. The van der Waals surface area contributed by atoms with Gasteiger partial charge < -0.3 is 19.4 Å². The van der Waals surface area contributed by atoms with Crippen LogP contribution in [0.15, 0.2) is 29.2 Å². The number of rotatable bonds is 6. The molecule has 0 unspecified atom stereocenters. The van der Waals surface area contributed by atoms with E-state index in [0.717, 1.165) is 22.2 Å². The monoisotopic (exact) mass is 341 g/mol. The zero-order chi connectivity index (χ0) is 18.0. The molecule has 6 heteroatoms.